The standard InChI is InChI=1S/C9H8BrF3O/c1-9(2,14)4-3-5(11)6(10)8(13)7(4)12/h3,14H,1-2H3. The van der Waals surface area contributed by atoms with Gasteiger partial charge in [-0.25, -0.2) is 13.2 Å². The van der Waals surface area contributed by atoms with E-state index in [1.165, 1.54) is 13.8 Å². The Morgan fingerprint density at radius 3 is 2.14 bits per heavy atom. The highest BCUT2D eigenvalue weighted by molar-refractivity contribution is 9.10. The number of benzene rings is 1. The zero-order valence-corrected chi connectivity index (χ0v) is 9.12. The molecule has 78 valence electrons. The fourth-order valence-corrected chi connectivity index (χ4v) is 1.31. The van der Waals surface area contributed by atoms with E-state index in [1.54, 1.807) is 0 Å². The van der Waals surface area contributed by atoms with E-state index < -0.39 is 33.1 Å². The van der Waals surface area contributed by atoms with Crippen molar-refractivity contribution >= 4 is 15.9 Å². The number of hydrogen-bond acceptors (Lipinski definition) is 1. The van der Waals surface area contributed by atoms with Gasteiger partial charge >= 0.3 is 0 Å². The van der Waals surface area contributed by atoms with E-state index in [0.717, 1.165) is 6.07 Å². The first kappa shape index (κ1) is 11.5. The smallest absolute Gasteiger partial charge is 0.176 e. The van der Waals surface area contributed by atoms with Crippen molar-refractivity contribution in [2.75, 3.05) is 0 Å². The highest BCUT2D eigenvalue weighted by atomic mass is 79.9. The third kappa shape index (κ3) is 1.93. The molecule has 1 nitrogen and oxygen atoms in total. The Bertz CT molecular complexity index is 371. The summed E-state index contributed by atoms with van der Waals surface area (Å²) in [6.45, 7) is 2.50. The molecule has 0 aliphatic heterocycles. The molecule has 5 heteroatoms. The molecule has 0 aromatic heterocycles. The first-order valence-electron chi connectivity index (χ1n) is 3.81. The second-order valence-electron chi connectivity index (χ2n) is 3.41. The Morgan fingerprint density at radius 2 is 1.71 bits per heavy atom. The van der Waals surface area contributed by atoms with E-state index >= 15 is 0 Å². The van der Waals surface area contributed by atoms with Crippen LogP contribution in [-0.2, 0) is 5.60 Å². The van der Waals surface area contributed by atoms with Crippen LogP contribution in [0.5, 0.6) is 0 Å². The van der Waals surface area contributed by atoms with Crippen LogP contribution in [0, 0.1) is 17.5 Å². The number of hydrogen-bond donors (Lipinski definition) is 1. The van der Waals surface area contributed by atoms with Crippen molar-refractivity contribution < 1.29 is 18.3 Å². The largest absolute Gasteiger partial charge is 0.386 e. The fourth-order valence-electron chi connectivity index (χ4n) is 1.02. The quantitative estimate of drug-likeness (QED) is 0.613. The molecule has 0 bridgehead atoms. The lowest BCUT2D eigenvalue weighted by atomic mass is 9.97. The minimum atomic E-state index is -1.62. The molecule has 1 aromatic carbocycles. The molecule has 1 rings (SSSR count). The Labute approximate surface area is 87.7 Å². The van der Waals surface area contributed by atoms with Crippen LogP contribution in [0.2, 0.25) is 0 Å². The summed E-state index contributed by atoms with van der Waals surface area (Å²) in [5.41, 5.74) is -2.03. The summed E-state index contributed by atoms with van der Waals surface area (Å²) in [4.78, 5) is 0. The van der Waals surface area contributed by atoms with Gasteiger partial charge < -0.3 is 5.11 Å². The Hall–Kier alpha value is -0.550. The van der Waals surface area contributed by atoms with Crippen LogP contribution in [0.3, 0.4) is 0 Å². The summed E-state index contributed by atoms with van der Waals surface area (Å²) in [6.07, 6.45) is 0. The molecule has 0 radical (unpaired) electrons. The van der Waals surface area contributed by atoms with Crippen molar-refractivity contribution in [3.05, 3.63) is 33.6 Å². The van der Waals surface area contributed by atoms with Gasteiger partial charge in [-0.3, -0.25) is 0 Å². The fraction of sp³-hybridized carbons (Fsp3) is 0.333. The third-order valence-electron chi connectivity index (χ3n) is 1.76. The Kier molecular flexibility index (Phi) is 2.92. The van der Waals surface area contributed by atoms with Crippen molar-refractivity contribution in [2.24, 2.45) is 0 Å². The summed E-state index contributed by atoms with van der Waals surface area (Å²) >= 11 is 2.56. The second-order valence-corrected chi connectivity index (χ2v) is 4.20. The van der Waals surface area contributed by atoms with E-state index in [-0.39, 0.29) is 0 Å². The maximum Gasteiger partial charge on any atom is 0.176 e. The van der Waals surface area contributed by atoms with Crippen LogP contribution < -0.4 is 0 Å². The zero-order valence-electron chi connectivity index (χ0n) is 7.54. The Balaban J connectivity index is 3.49. The van der Waals surface area contributed by atoms with Crippen LogP contribution in [0.15, 0.2) is 10.5 Å². The highest BCUT2D eigenvalue weighted by Crippen LogP contribution is 2.30. The third-order valence-corrected chi connectivity index (χ3v) is 2.49. The summed E-state index contributed by atoms with van der Waals surface area (Å²) in [7, 11) is 0. The molecule has 0 spiro atoms. The van der Waals surface area contributed by atoms with Crippen molar-refractivity contribution in [3.63, 3.8) is 0 Å². The lowest BCUT2D eigenvalue weighted by Gasteiger charge is -2.19. The molecular formula is C9H8BrF3O. The van der Waals surface area contributed by atoms with E-state index in [1.807, 2.05) is 0 Å². The van der Waals surface area contributed by atoms with Gasteiger partial charge in [0, 0.05) is 5.56 Å². The first-order chi connectivity index (χ1) is 6.25. The van der Waals surface area contributed by atoms with Gasteiger partial charge in [0.1, 0.15) is 5.82 Å². The van der Waals surface area contributed by atoms with Gasteiger partial charge in [0.2, 0.25) is 0 Å². The van der Waals surface area contributed by atoms with E-state index in [0.29, 0.717) is 0 Å². The van der Waals surface area contributed by atoms with Gasteiger partial charge in [0.25, 0.3) is 0 Å². The number of halogens is 4. The van der Waals surface area contributed by atoms with Gasteiger partial charge in [0.05, 0.1) is 10.1 Å². The number of rotatable bonds is 1. The molecule has 0 atom stereocenters. The van der Waals surface area contributed by atoms with Crippen LogP contribution in [0.4, 0.5) is 13.2 Å². The molecule has 0 aliphatic carbocycles. The molecule has 0 saturated carbocycles. The van der Waals surface area contributed by atoms with Crippen molar-refractivity contribution in [1.82, 2.24) is 0 Å². The average Bonchev–Trinajstić information content (AvgIpc) is 2.06. The van der Waals surface area contributed by atoms with Crippen LogP contribution >= 0.6 is 15.9 Å². The normalized spacial score (nSPS) is 11.9. The first-order valence-corrected chi connectivity index (χ1v) is 4.60. The van der Waals surface area contributed by atoms with Crippen LogP contribution in [0.25, 0.3) is 0 Å². The molecule has 0 saturated heterocycles. The van der Waals surface area contributed by atoms with Gasteiger partial charge in [-0.2, -0.15) is 0 Å². The van der Waals surface area contributed by atoms with Gasteiger partial charge in [0.15, 0.2) is 11.6 Å². The molecule has 0 amide bonds. The predicted molar refractivity (Wildman–Crippen MR) is 49.3 cm³/mol. The van der Waals surface area contributed by atoms with Gasteiger partial charge in [-0.05, 0) is 35.8 Å². The van der Waals surface area contributed by atoms with Crippen LogP contribution in [0.1, 0.15) is 19.4 Å². The maximum atomic E-state index is 13.2. The summed E-state index contributed by atoms with van der Waals surface area (Å²) in [5.74, 6) is -3.52. The van der Waals surface area contributed by atoms with Gasteiger partial charge in [-0.15, -0.1) is 0 Å². The van der Waals surface area contributed by atoms with Crippen molar-refractivity contribution in [1.29, 1.82) is 0 Å². The molecular weight excluding hydrogens is 261 g/mol. The second kappa shape index (κ2) is 3.55. The zero-order chi connectivity index (χ0) is 11.1. The lowest BCUT2D eigenvalue weighted by Crippen LogP contribution is -2.19. The summed E-state index contributed by atoms with van der Waals surface area (Å²) in [6, 6.07) is 0.766. The molecule has 0 fully saturated rings. The number of aliphatic hydroxyl groups is 1. The maximum absolute atomic E-state index is 13.2. The molecule has 0 aliphatic rings. The molecule has 14 heavy (non-hydrogen) atoms. The average molecular weight is 269 g/mol. The minimum absolute atomic E-state index is 0.407. The van der Waals surface area contributed by atoms with Crippen molar-refractivity contribution in [3.8, 4) is 0 Å². The Morgan fingerprint density at radius 1 is 1.21 bits per heavy atom. The van der Waals surface area contributed by atoms with E-state index in [2.05, 4.69) is 15.9 Å². The van der Waals surface area contributed by atoms with E-state index in [9.17, 15) is 18.3 Å². The minimum Gasteiger partial charge on any atom is -0.386 e. The topological polar surface area (TPSA) is 20.2 Å². The summed E-state index contributed by atoms with van der Waals surface area (Å²) in [5, 5.41) is 9.42. The van der Waals surface area contributed by atoms with E-state index in [4.69, 9.17) is 0 Å². The predicted octanol–water partition coefficient (Wildman–Crippen LogP) is 3.09. The highest BCUT2D eigenvalue weighted by Gasteiger charge is 2.26. The van der Waals surface area contributed by atoms with Crippen LogP contribution in [-0.4, -0.2) is 5.11 Å². The SMILES string of the molecule is CC(C)(O)c1cc(F)c(Br)c(F)c1F. The van der Waals surface area contributed by atoms with Gasteiger partial charge in [-0.1, -0.05) is 0 Å². The molecule has 1 aromatic rings. The lowest BCUT2D eigenvalue weighted by molar-refractivity contribution is 0.0731. The van der Waals surface area contributed by atoms with Crippen molar-refractivity contribution in [2.45, 2.75) is 19.4 Å². The molecule has 0 unspecified atom stereocenters. The molecule has 1 N–H and O–H groups in total. The molecule has 0 heterocycles. The monoisotopic (exact) mass is 268 g/mol. The summed E-state index contributed by atoms with van der Waals surface area (Å²) < 4.78 is 38.6.